The fourth-order valence-corrected chi connectivity index (χ4v) is 7.27. The molecule has 0 radical (unpaired) electrons. The molecule has 13 heteroatoms. The monoisotopic (exact) mass is 717 g/mol. The van der Waals surface area contributed by atoms with E-state index < -0.39 is 60.2 Å². The average molecular weight is 718 g/mol. The molecule has 0 unspecified atom stereocenters. The van der Waals surface area contributed by atoms with Gasteiger partial charge in [-0.15, -0.1) is 0 Å². The molecule has 2 rings (SSSR count). The Balaban J connectivity index is 2.23. The summed E-state index contributed by atoms with van der Waals surface area (Å²) < 4.78 is 11.8. The Morgan fingerprint density at radius 1 is 0.941 bits per heavy atom. The third-order valence-corrected chi connectivity index (χ3v) is 10.4. The molecule has 0 aliphatic carbocycles. The molecule has 1 aromatic carbocycles. The summed E-state index contributed by atoms with van der Waals surface area (Å²) in [5.74, 6) is -3.05. The predicted octanol–water partition coefficient (Wildman–Crippen LogP) is 2.86. The van der Waals surface area contributed by atoms with E-state index in [0.717, 1.165) is 12.0 Å². The van der Waals surface area contributed by atoms with Gasteiger partial charge in [-0.1, -0.05) is 78.3 Å². The number of methoxy groups -OCH3 is 2. The van der Waals surface area contributed by atoms with E-state index in [-0.39, 0.29) is 42.4 Å². The molecule has 1 saturated heterocycles. The number of rotatable bonds is 21. The van der Waals surface area contributed by atoms with Gasteiger partial charge in [0.2, 0.25) is 23.6 Å². The van der Waals surface area contributed by atoms with E-state index in [2.05, 4.69) is 16.0 Å². The molecule has 1 aliphatic heterocycles. The van der Waals surface area contributed by atoms with E-state index in [4.69, 9.17) is 9.47 Å². The highest BCUT2D eigenvalue weighted by molar-refractivity contribution is 5.90. The van der Waals surface area contributed by atoms with Gasteiger partial charge in [0.15, 0.2) is 0 Å². The molecule has 0 bridgehead atoms. The highest BCUT2D eigenvalue weighted by Crippen LogP contribution is 2.29. The fourth-order valence-electron chi connectivity index (χ4n) is 7.27. The van der Waals surface area contributed by atoms with Crippen molar-refractivity contribution in [1.82, 2.24) is 25.8 Å². The fraction of sp³-hybridized carbons (Fsp3) is 0.711. The van der Waals surface area contributed by atoms with Crippen LogP contribution in [0.5, 0.6) is 0 Å². The van der Waals surface area contributed by atoms with Crippen molar-refractivity contribution in [2.24, 2.45) is 17.8 Å². The maximum Gasteiger partial charge on any atom is 0.326 e. The largest absolute Gasteiger partial charge is 0.480 e. The highest BCUT2D eigenvalue weighted by atomic mass is 16.5. The lowest BCUT2D eigenvalue weighted by Crippen LogP contribution is -2.58. The maximum atomic E-state index is 14.1. The van der Waals surface area contributed by atoms with E-state index in [1.165, 1.54) is 14.2 Å². The molecule has 1 fully saturated rings. The zero-order valence-electron chi connectivity index (χ0n) is 32.3. The molecule has 0 spiro atoms. The molecular formula is C38H63N5O8. The Hall–Kier alpha value is -3.55. The van der Waals surface area contributed by atoms with Gasteiger partial charge in [-0.3, -0.25) is 19.2 Å². The Bertz CT molecular complexity index is 1280. The molecule has 9 atom stereocenters. The first-order chi connectivity index (χ1) is 24.2. The van der Waals surface area contributed by atoms with E-state index >= 15 is 0 Å². The number of likely N-dealkylation sites (tertiary alicyclic amines) is 1. The third kappa shape index (κ3) is 11.7. The molecular weight excluding hydrogens is 654 g/mol. The summed E-state index contributed by atoms with van der Waals surface area (Å²) in [4.78, 5) is 69.8. The van der Waals surface area contributed by atoms with Crippen LogP contribution in [-0.4, -0.2) is 122 Å². The van der Waals surface area contributed by atoms with Crippen molar-refractivity contribution in [3.8, 4) is 0 Å². The minimum Gasteiger partial charge on any atom is -0.480 e. The van der Waals surface area contributed by atoms with Crippen LogP contribution in [0.15, 0.2) is 30.3 Å². The molecule has 0 saturated carbocycles. The quantitative estimate of drug-likeness (QED) is 0.150. The van der Waals surface area contributed by atoms with Gasteiger partial charge in [-0.25, -0.2) is 4.79 Å². The lowest BCUT2D eigenvalue weighted by molar-refractivity contribution is -0.148. The summed E-state index contributed by atoms with van der Waals surface area (Å²) in [6.45, 7) is 11.9. The van der Waals surface area contributed by atoms with Gasteiger partial charge in [-0.2, -0.15) is 0 Å². The second kappa shape index (κ2) is 21.1. The number of hydrogen-bond donors (Lipinski definition) is 4. The van der Waals surface area contributed by atoms with Crippen molar-refractivity contribution in [2.45, 2.75) is 122 Å². The minimum atomic E-state index is -1.14. The van der Waals surface area contributed by atoms with Gasteiger partial charge < -0.3 is 40.3 Å². The maximum absolute atomic E-state index is 14.1. The summed E-state index contributed by atoms with van der Waals surface area (Å²) in [6.07, 6.45) is 1.24. The van der Waals surface area contributed by atoms with E-state index in [1.807, 2.05) is 65.0 Å². The first-order valence-electron chi connectivity index (χ1n) is 18.3. The molecule has 288 valence electrons. The number of benzene rings is 1. The van der Waals surface area contributed by atoms with E-state index in [1.54, 1.807) is 30.8 Å². The van der Waals surface area contributed by atoms with Crippen molar-refractivity contribution in [2.75, 3.05) is 34.9 Å². The number of carbonyl (C=O) groups is 5. The summed E-state index contributed by atoms with van der Waals surface area (Å²) >= 11 is 0. The number of carbonyl (C=O) groups excluding carboxylic acids is 4. The molecule has 1 heterocycles. The van der Waals surface area contributed by atoms with Crippen molar-refractivity contribution in [3.63, 3.8) is 0 Å². The lowest BCUT2D eigenvalue weighted by Gasteiger charge is -2.40. The number of aliphatic carboxylic acids is 1. The zero-order chi connectivity index (χ0) is 38.4. The van der Waals surface area contributed by atoms with Crippen LogP contribution in [-0.2, 0) is 39.9 Å². The van der Waals surface area contributed by atoms with Crippen LogP contribution in [0.3, 0.4) is 0 Å². The molecule has 51 heavy (non-hydrogen) atoms. The van der Waals surface area contributed by atoms with Gasteiger partial charge in [-0.05, 0) is 43.7 Å². The van der Waals surface area contributed by atoms with E-state index in [9.17, 15) is 29.1 Å². The average Bonchev–Trinajstić information content (AvgIpc) is 3.59. The Morgan fingerprint density at radius 3 is 2.08 bits per heavy atom. The summed E-state index contributed by atoms with van der Waals surface area (Å²) in [5, 5.41) is 18.5. The minimum absolute atomic E-state index is 0.00681. The van der Waals surface area contributed by atoms with Gasteiger partial charge in [0, 0.05) is 34.2 Å². The zero-order valence-corrected chi connectivity index (χ0v) is 32.3. The molecule has 0 aromatic heterocycles. The van der Waals surface area contributed by atoms with Crippen molar-refractivity contribution >= 4 is 29.6 Å². The summed E-state index contributed by atoms with van der Waals surface area (Å²) in [5.41, 5.74) is 0.785. The number of hydrogen-bond acceptors (Lipinski definition) is 8. The van der Waals surface area contributed by atoms with Crippen LogP contribution in [0.25, 0.3) is 0 Å². The first-order valence-corrected chi connectivity index (χ1v) is 18.3. The second-order valence-corrected chi connectivity index (χ2v) is 14.2. The topological polar surface area (TPSA) is 167 Å². The standard InChI is InChI=1S/C38H63N5O8/c1-11-24(5)33(42(8)37(47)27(12-2)40-36(46)32(39-7)23(3)4)30(50-9)22-31(44)43-20-16-19-29(43)34(51-10)25(6)35(45)41-28(38(48)49)21-26-17-14-13-15-18-26/h13-15,17-18,23-25,27-30,32-34,39H,11-12,16,19-22H2,1-10H3,(H,40,46)(H,41,45)(H,48,49)/t24-,25+,27-,28-,29-,30+,32-,33-,34+/m0/s1. The first kappa shape index (κ1) is 43.6. The predicted molar refractivity (Wildman–Crippen MR) is 196 cm³/mol. The lowest BCUT2D eigenvalue weighted by atomic mass is 9.90. The van der Waals surface area contributed by atoms with Gasteiger partial charge in [0.1, 0.15) is 12.1 Å². The van der Waals surface area contributed by atoms with Crippen molar-refractivity contribution in [3.05, 3.63) is 35.9 Å². The van der Waals surface area contributed by atoms with Crippen LogP contribution in [0.4, 0.5) is 0 Å². The Kier molecular flexibility index (Phi) is 18.0. The van der Waals surface area contributed by atoms with Crippen LogP contribution in [0, 0.1) is 17.8 Å². The van der Waals surface area contributed by atoms with Crippen molar-refractivity contribution in [1.29, 1.82) is 0 Å². The number of nitrogens with zero attached hydrogens (tertiary/aromatic N) is 2. The number of carboxylic acid groups (broad SMARTS) is 1. The second-order valence-electron chi connectivity index (χ2n) is 14.2. The number of amides is 4. The Labute approximate surface area is 304 Å². The molecule has 4 N–H and O–H groups in total. The van der Waals surface area contributed by atoms with E-state index in [0.29, 0.717) is 25.8 Å². The number of likely N-dealkylation sites (N-methyl/N-ethyl adjacent to an activating group) is 2. The SMILES string of the molecule is CC[C@H](NC(=O)[C@@H](NC)C(C)C)C(=O)N(C)[C@@H]([C@@H](C)CC)[C@@H](CC(=O)N1CCC[C@H]1[C@H](OC)[C@@H](C)C(=O)N[C@@H](Cc1ccccc1)C(=O)O)OC. The number of ether oxygens (including phenoxy) is 2. The Morgan fingerprint density at radius 2 is 1.57 bits per heavy atom. The number of carboxylic acids is 1. The van der Waals surface area contributed by atoms with Crippen molar-refractivity contribution < 1.29 is 38.6 Å². The molecule has 1 aromatic rings. The summed E-state index contributed by atoms with van der Waals surface area (Å²) in [6, 6.07) is 5.90. The smallest absolute Gasteiger partial charge is 0.326 e. The summed E-state index contributed by atoms with van der Waals surface area (Å²) in [7, 11) is 6.44. The van der Waals surface area contributed by atoms with Crippen LogP contribution >= 0.6 is 0 Å². The van der Waals surface area contributed by atoms with Gasteiger partial charge >= 0.3 is 5.97 Å². The van der Waals surface area contributed by atoms with Crippen LogP contribution in [0.1, 0.15) is 79.2 Å². The van der Waals surface area contributed by atoms with Gasteiger partial charge in [0.25, 0.3) is 0 Å². The third-order valence-electron chi connectivity index (χ3n) is 10.4. The normalized spacial score (nSPS) is 19.3. The number of nitrogens with one attached hydrogen (secondary N) is 3. The molecule has 4 amide bonds. The van der Waals surface area contributed by atoms with Crippen LogP contribution in [0.2, 0.25) is 0 Å². The highest BCUT2D eigenvalue weighted by Gasteiger charge is 2.43. The van der Waals surface area contributed by atoms with Gasteiger partial charge in [0.05, 0.1) is 42.7 Å². The molecule has 13 nitrogen and oxygen atoms in total. The molecule has 1 aliphatic rings. The van der Waals surface area contributed by atoms with Crippen LogP contribution < -0.4 is 16.0 Å².